The number of aromatic nitrogens is 3. The number of thiazole rings is 1. The van der Waals surface area contributed by atoms with Gasteiger partial charge in [-0.1, -0.05) is 0 Å². The van der Waals surface area contributed by atoms with Crippen molar-refractivity contribution in [3.8, 4) is 0 Å². The van der Waals surface area contributed by atoms with Crippen molar-refractivity contribution in [2.75, 3.05) is 57.4 Å². The molecular formula is C18H21ClN6OS2. The summed E-state index contributed by atoms with van der Waals surface area (Å²) in [6, 6.07) is 2.32. The van der Waals surface area contributed by atoms with Crippen molar-refractivity contribution >= 4 is 50.3 Å². The Kier molecular flexibility index (Phi) is 5.45. The van der Waals surface area contributed by atoms with Crippen LogP contribution in [-0.4, -0.2) is 72.3 Å². The van der Waals surface area contributed by atoms with Crippen molar-refractivity contribution in [3.05, 3.63) is 32.8 Å². The van der Waals surface area contributed by atoms with Crippen molar-refractivity contribution in [1.82, 2.24) is 25.2 Å². The summed E-state index contributed by atoms with van der Waals surface area (Å²) in [4.78, 5) is 19.7. The normalized spacial score (nSPS) is 20.0. The van der Waals surface area contributed by atoms with E-state index in [4.69, 9.17) is 16.3 Å². The van der Waals surface area contributed by atoms with E-state index in [1.165, 1.54) is 4.88 Å². The molecular weight excluding hydrogens is 416 g/mol. The number of rotatable bonds is 4. The molecule has 0 aliphatic carbocycles. The molecule has 0 radical (unpaired) electrons. The number of morpholine rings is 1. The number of hydrogen-bond donors (Lipinski definition) is 1. The smallest absolute Gasteiger partial charge is 0.224 e. The lowest BCUT2D eigenvalue weighted by molar-refractivity contribution is 0.122. The minimum atomic E-state index is 0.151. The summed E-state index contributed by atoms with van der Waals surface area (Å²) in [5.41, 5.74) is 0.915. The Morgan fingerprint density at radius 3 is 2.71 bits per heavy atom. The number of anilines is 1. The zero-order valence-electron chi connectivity index (χ0n) is 15.3. The van der Waals surface area contributed by atoms with E-state index in [1.54, 1.807) is 22.7 Å². The largest absolute Gasteiger partial charge is 0.378 e. The molecule has 5 heterocycles. The SMILES string of the molecule is Clc1nc(N2CCOCC2)c2sc(C(c3nccs3)N3CCNCC3)cc2n1. The second kappa shape index (κ2) is 8.17. The molecule has 0 spiro atoms. The van der Waals surface area contributed by atoms with E-state index in [-0.39, 0.29) is 6.04 Å². The number of halogens is 1. The van der Waals surface area contributed by atoms with E-state index < -0.39 is 0 Å². The van der Waals surface area contributed by atoms with E-state index in [0.717, 1.165) is 60.3 Å². The zero-order chi connectivity index (χ0) is 18.9. The van der Waals surface area contributed by atoms with Gasteiger partial charge in [-0.25, -0.2) is 9.97 Å². The van der Waals surface area contributed by atoms with Gasteiger partial charge < -0.3 is 15.0 Å². The topological polar surface area (TPSA) is 66.4 Å². The molecule has 10 heteroatoms. The van der Waals surface area contributed by atoms with E-state index in [9.17, 15) is 0 Å². The van der Waals surface area contributed by atoms with Crippen LogP contribution in [0.2, 0.25) is 5.28 Å². The van der Waals surface area contributed by atoms with Crippen LogP contribution in [0.1, 0.15) is 15.9 Å². The molecule has 0 saturated carbocycles. The third-order valence-corrected chi connectivity index (χ3v) is 7.30. The van der Waals surface area contributed by atoms with E-state index in [0.29, 0.717) is 18.5 Å². The van der Waals surface area contributed by atoms with Gasteiger partial charge in [0.15, 0.2) is 5.82 Å². The van der Waals surface area contributed by atoms with Crippen LogP contribution < -0.4 is 10.2 Å². The summed E-state index contributed by atoms with van der Waals surface area (Å²) in [6.07, 6.45) is 1.89. The highest BCUT2D eigenvalue weighted by Gasteiger charge is 2.29. The molecule has 1 unspecified atom stereocenters. The maximum atomic E-state index is 6.28. The highest BCUT2D eigenvalue weighted by molar-refractivity contribution is 7.20. The highest BCUT2D eigenvalue weighted by Crippen LogP contribution is 2.40. The molecule has 2 fully saturated rings. The first-order valence-corrected chi connectivity index (χ1v) is 11.5. The van der Waals surface area contributed by atoms with Crippen LogP contribution in [0, 0.1) is 0 Å². The summed E-state index contributed by atoms with van der Waals surface area (Å²) < 4.78 is 6.60. The number of hydrogen-bond acceptors (Lipinski definition) is 9. The fraction of sp³-hybridized carbons (Fsp3) is 0.500. The summed E-state index contributed by atoms with van der Waals surface area (Å²) in [7, 11) is 0. The first kappa shape index (κ1) is 18.7. The van der Waals surface area contributed by atoms with Gasteiger partial charge in [0.2, 0.25) is 5.28 Å². The first-order chi connectivity index (χ1) is 13.8. The van der Waals surface area contributed by atoms with Crippen molar-refractivity contribution in [3.63, 3.8) is 0 Å². The Hall–Kier alpha value is -1.36. The van der Waals surface area contributed by atoms with Crippen LogP contribution in [0.4, 0.5) is 5.82 Å². The van der Waals surface area contributed by atoms with Gasteiger partial charge in [-0.2, -0.15) is 4.98 Å². The van der Waals surface area contributed by atoms with Crippen molar-refractivity contribution < 1.29 is 4.74 Å². The lowest BCUT2D eigenvalue weighted by Crippen LogP contribution is -2.45. The molecule has 3 aromatic heterocycles. The molecule has 2 saturated heterocycles. The fourth-order valence-corrected chi connectivity index (χ4v) is 6.08. The highest BCUT2D eigenvalue weighted by atomic mass is 35.5. The summed E-state index contributed by atoms with van der Waals surface area (Å²) in [6.45, 7) is 7.07. The quantitative estimate of drug-likeness (QED) is 0.630. The predicted octanol–water partition coefficient (Wildman–Crippen LogP) is 2.63. The molecule has 28 heavy (non-hydrogen) atoms. The molecule has 0 aromatic carbocycles. The Balaban J connectivity index is 1.59. The van der Waals surface area contributed by atoms with Gasteiger partial charge in [0.25, 0.3) is 0 Å². The van der Waals surface area contributed by atoms with Gasteiger partial charge in [-0.15, -0.1) is 22.7 Å². The van der Waals surface area contributed by atoms with Crippen LogP contribution in [0.5, 0.6) is 0 Å². The van der Waals surface area contributed by atoms with Crippen LogP contribution in [0.15, 0.2) is 17.6 Å². The summed E-state index contributed by atoms with van der Waals surface area (Å²) in [5, 5.41) is 6.91. The van der Waals surface area contributed by atoms with E-state index in [1.807, 2.05) is 11.6 Å². The molecule has 2 aliphatic rings. The van der Waals surface area contributed by atoms with Gasteiger partial charge in [0.05, 0.1) is 29.5 Å². The third kappa shape index (κ3) is 3.62. The van der Waals surface area contributed by atoms with Crippen molar-refractivity contribution in [2.24, 2.45) is 0 Å². The molecule has 0 amide bonds. The van der Waals surface area contributed by atoms with Crippen molar-refractivity contribution in [1.29, 1.82) is 0 Å². The van der Waals surface area contributed by atoms with Crippen LogP contribution in [0.25, 0.3) is 10.2 Å². The summed E-state index contributed by atoms with van der Waals surface area (Å²) >= 11 is 9.75. The lowest BCUT2D eigenvalue weighted by atomic mass is 10.2. The second-order valence-electron chi connectivity index (χ2n) is 6.84. The molecule has 5 rings (SSSR count). The molecule has 0 bridgehead atoms. The number of piperazine rings is 1. The maximum absolute atomic E-state index is 6.28. The van der Waals surface area contributed by atoms with Gasteiger partial charge >= 0.3 is 0 Å². The molecule has 148 valence electrons. The van der Waals surface area contributed by atoms with E-state index >= 15 is 0 Å². The van der Waals surface area contributed by atoms with Crippen LogP contribution in [-0.2, 0) is 4.74 Å². The number of nitrogens with zero attached hydrogens (tertiary/aromatic N) is 5. The predicted molar refractivity (Wildman–Crippen MR) is 114 cm³/mol. The minimum absolute atomic E-state index is 0.151. The third-order valence-electron chi connectivity index (χ3n) is 5.13. The zero-order valence-corrected chi connectivity index (χ0v) is 17.7. The second-order valence-corrected chi connectivity index (χ2v) is 9.19. The van der Waals surface area contributed by atoms with Gasteiger partial charge in [0, 0.05) is 55.7 Å². The standard InChI is InChI=1S/C18H21ClN6OS2/c19-18-22-12-11-13(28-15(12)16(23-18)25-6-8-26-9-7-25)14(17-21-3-10-27-17)24-4-1-20-2-5-24/h3,10-11,14,20H,1-2,4-9H2. The van der Waals surface area contributed by atoms with Gasteiger partial charge in [-0.3, -0.25) is 4.90 Å². The van der Waals surface area contributed by atoms with Gasteiger partial charge in [-0.05, 0) is 17.7 Å². The molecule has 1 atom stereocenters. The maximum Gasteiger partial charge on any atom is 0.224 e. The molecule has 7 nitrogen and oxygen atoms in total. The van der Waals surface area contributed by atoms with Crippen molar-refractivity contribution in [2.45, 2.75) is 6.04 Å². The van der Waals surface area contributed by atoms with Gasteiger partial charge in [0.1, 0.15) is 5.01 Å². The number of fused-ring (bicyclic) bond motifs is 1. The minimum Gasteiger partial charge on any atom is -0.378 e. The summed E-state index contributed by atoms with van der Waals surface area (Å²) in [5.74, 6) is 0.924. The Morgan fingerprint density at radius 2 is 1.96 bits per heavy atom. The molecule has 3 aromatic rings. The molecule has 2 aliphatic heterocycles. The Bertz CT molecular complexity index is 937. The Morgan fingerprint density at radius 1 is 1.14 bits per heavy atom. The first-order valence-electron chi connectivity index (χ1n) is 9.43. The molecule has 1 N–H and O–H groups in total. The monoisotopic (exact) mass is 436 g/mol. The van der Waals surface area contributed by atoms with Crippen LogP contribution >= 0.6 is 34.3 Å². The lowest BCUT2D eigenvalue weighted by Gasteiger charge is -2.33. The van der Waals surface area contributed by atoms with E-state index in [2.05, 4.69) is 36.1 Å². The number of ether oxygens (including phenoxy) is 1. The number of thiophene rings is 1. The Labute approximate surface area is 176 Å². The average Bonchev–Trinajstić information content (AvgIpc) is 3.39. The fourth-order valence-electron chi connectivity index (χ4n) is 3.80. The number of nitrogens with one attached hydrogen (secondary N) is 1. The van der Waals surface area contributed by atoms with Crippen LogP contribution in [0.3, 0.4) is 0 Å². The average molecular weight is 437 g/mol.